The molecule has 0 aliphatic carbocycles. The minimum absolute atomic E-state index is 0.0208. The molecule has 2 amide bonds. The SMILES string of the molecule is COCCOCCOCCNC(=O)CCn1cc(C)c(=O)n(Cc2ccc(Cn3c(=O)c(C)cn(CCC(=O)NCCOCCOCCOC)c3=O)cc2)c1=O. The van der Waals surface area contributed by atoms with Gasteiger partial charge in [-0.15, -0.1) is 0 Å². The summed E-state index contributed by atoms with van der Waals surface area (Å²) >= 11 is 0. The Bertz CT molecular complexity index is 1760. The zero-order valence-corrected chi connectivity index (χ0v) is 32.9. The van der Waals surface area contributed by atoms with Crippen molar-refractivity contribution < 1.29 is 38.0 Å². The summed E-state index contributed by atoms with van der Waals surface area (Å²) in [5.41, 5.74) is -0.0150. The molecule has 0 unspecified atom stereocenters. The van der Waals surface area contributed by atoms with E-state index in [1.165, 1.54) is 21.5 Å². The molecule has 310 valence electrons. The van der Waals surface area contributed by atoms with Crippen molar-refractivity contribution in [1.82, 2.24) is 28.9 Å². The summed E-state index contributed by atoms with van der Waals surface area (Å²) in [6, 6.07) is 6.88. The van der Waals surface area contributed by atoms with Crippen LogP contribution in [0.25, 0.3) is 0 Å². The number of benzene rings is 1. The Hall–Kier alpha value is -4.72. The Balaban J connectivity index is 1.52. The van der Waals surface area contributed by atoms with Crippen LogP contribution in [0.2, 0.25) is 0 Å². The molecule has 0 saturated carbocycles. The number of nitrogens with one attached hydrogen (secondary N) is 2. The lowest BCUT2D eigenvalue weighted by atomic mass is 10.1. The zero-order valence-electron chi connectivity index (χ0n) is 32.9. The van der Waals surface area contributed by atoms with Gasteiger partial charge in [0.2, 0.25) is 11.8 Å². The van der Waals surface area contributed by atoms with Crippen LogP contribution in [0.1, 0.15) is 35.1 Å². The summed E-state index contributed by atoms with van der Waals surface area (Å²) in [4.78, 5) is 77.4. The van der Waals surface area contributed by atoms with Gasteiger partial charge in [-0.25, -0.2) is 9.59 Å². The van der Waals surface area contributed by atoms with Crippen LogP contribution in [-0.4, -0.2) is 123 Å². The molecule has 2 N–H and O–H groups in total. The highest BCUT2D eigenvalue weighted by atomic mass is 16.5. The molecule has 0 aliphatic rings. The number of rotatable bonds is 28. The highest BCUT2D eigenvalue weighted by Gasteiger charge is 2.14. The van der Waals surface area contributed by atoms with Gasteiger partial charge in [-0.3, -0.25) is 37.4 Å². The van der Waals surface area contributed by atoms with Crippen LogP contribution < -0.4 is 33.1 Å². The van der Waals surface area contributed by atoms with Crippen molar-refractivity contribution >= 4 is 11.8 Å². The first-order chi connectivity index (χ1) is 27.0. The van der Waals surface area contributed by atoms with E-state index in [0.29, 0.717) is 101 Å². The number of amides is 2. The van der Waals surface area contributed by atoms with Gasteiger partial charge in [-0.05, 0) is 25.0 Å². The summed E-state index contributed by atoms with van der Waals surface area (Å²) in [7, 11) is 3.19. The van der Waals surface area contributed by atoms with E-state index < -0.39 is 22.5 Å². The maximum Gasteiger partial charge on any atom is 0.331 e. The fourth-order valence-corrected chi connectivity index (χ4v) is 5.39. The van der Waals surface area contributed by atoms with Crippen molar-refractivity contribution in [1.29, 1.82) is 0 Å². The quantitative estimate of drug-likeness (QED) is 0.0889. The maximum absolute atomic E-state index is 13.3. The normalized spacial score (nSPS) is 11.2. The lowest BCUT2D eigenvalue weighted by Gasteiger charge is -2.13. The van der Waals surface area contributed by atoms with Crippen LogP contribution in [-0.2, 0) is 64.2 Å². The highest BCUT2D eigenvalue weighted by molar-refractivity contribution is 5.76. The Labute approximate surface area is 325 Å². The fourth-order valence-electron chi connectivity index (χ4n) is 5.39. The van der Waals surface area contributed by atoms with Crippen LogP contribution in [0.15, 0.2) is 55.8 Å². The minimum atomic E-state index is -0.553. The van der Waals surface area contributed by atoms with Gasteiger partial charge < -0.3 is 39.1 Å². The number of nitrogens with zero attached hydrogens (tertiary/aromatic N) is 4. The lowest BCUT2D eigenvalue weighted by Crippen LogP contribution is -2.41. The molecule has 0 aliphatic heterocycles. The van der Waals surface area contributed by atoms with Gasteiger partial charge in [0, 0.05) is 76.8 Å². The Morgan fingerprint density at radius 2 is 0.875 bits per heavy atom. The Morgan fingerprint density at radius 1 is 0.536 bits per heavy atom. The highest BCUT2D eigenvalue weighted by Crippen LogP contribution is 2.07. The molecular formula is C38H56N6O12. The molecule has 0 fully saturated rings. The summed E-state index contributed by atoms with van der Waals surface area (Å²) < 4.78 is 36.2. The molecule has 1 aromatic carbocycles. The van der Waals surface area contributed by atoms with Gasteiger partial charge in [0.1, 0.15) is 0 Å². The Kier molecular flexibility index (Phi) is 20.7. The number of hydrogen-bond acceptors (Lipinski definition) is 12. The molecule has 18 nitrogen and oxygen atoms in total. The van der Waals surface area contributed by atoms with Gasteiger partial charge in [-0.1, -0.05) is 24.3 Å². The molecule has 56 heavy (non-hydrogen) atoms. The van der Waals surface area contributed by atoms with Gasteiger partial charge in [0.25, 0.3) is 11.1 Å². The van der Waals surface area contributed by atoms with Crippen molar-refractivity contribution in [3.8, 4) is 0 Å². The zero-order chi connectivity index (χ0) is 40.7. The van der Waals surface area contributed by atoms with Crippen molar-refractivity contribution in [2.45, 2.75) is 52.9 Å². The molecular weight excluding hydrogens is 732 g/mol. The predicted molar refractivity (Wildman–Crippen MR) is 206 cm³/mol. The van der Waals surface area contributed by atoms with Crippen LogP contribution >= 0.6 is 0 Å². The van der Waals surface area contributed by atoms with E-state index in [4.69, 9.17) is 28.4 Å². The molecule has 0 spiro atoms. The van der Waals surface area contributed by atoms with E-state index in [9.17, 15) is 28.8 Å². The van der Waals surface area contributed by atoms with Gasteiger partial charge in [0.15, 0.2) is 0 Å². The number of aromatic nitrogens is 4. The molecule has 3 aromatic rings. The topological polar surface area (TPSA) is 202 Å². The van der Waals surface area contributed by atoms with Crippen molar-refractivity contribution in [2.75, 3.05) is 93.4 Å². The van der Waals surface area contributed by atoms with Crippen LogP contribution in [0, 0.1) is 13.8 Å². The van der Waals surface area contributed by atoms with E-state index in [2.05, 4.69) is 10.6 Å². The summed E-state index contributed by atoms with van der Waals surface area (Å²) in [6.07, 6.45) is 2.96. The molecule has 2 heterocycles. The van der Waals surface area contributed by atoms with Crippen molar-refractivity contribution in [2.24, 2.45) is 0 Å². The van der Waals surface area contributed by atoms with Crippen LogP contribution in [0.5, 0.6) is 0 Å². The lowest BCUT2D eigenvalue weighted by molar-refractivity contribution is -0.122. The number of aryl methyl sites for hydroxylation is 4. The minimum Gasteiger partial charge on any atom is -0.382 e. The summed E-state index contributed by atoms with van der Waals surface area (Å²) in [5.74, 6) is -0.525. The van der Waals surface area contributed by atoms with Gasteiger partial charge in [-0.2, -0.15) is 0 Å². The second kappa shape index (κ2) is 25.4. The van der Waals surface area contributed by atoms with E-state index in [-0.39, 0.29) is 50.8 Å². The average molecular weight is 789 g/mol. The molecule has 0 atom stereocenters. The number of methoxy groups -OCH3 is 2. The maximum atomic E-state index is 13.3. The number of carbonyl (C=O) groups is 2. The number of ether oxygens (including phenoxy) is 6. The third kappa shape index (κ3) is 15.8. The predicted octanol–water partition coefficient (Wildman–Crippen LogP) is -0.581. The fraction of sp³-hybridized carbons (Fsp3) is 0.579. The standard InChI is InChI=1S/C38H56N6O12/c1-29-25-41(13-9-33(45)39-11-15-53-21-23-55-19-17-51-3)37(49)43(35(29)47)27-31-5-7-32(8-6-31)28-44-36(48)30(2)26-42(38(44)50)14-10-34(46)40-12-16-54-22-24-56-20-18-52-4/h5-8,25-26H,9-24,27-28H2,1-4H3,(H,39,45)(H,40,46). The molecule has 0 bridgehead atoms. The smallest absolute Gasteiger partial charge is 0.331 e. The monoisotopic (exact) mass is 788 g/mol. The van der Waals surface area contributed by atoms with Crippen molar-refractivity contribution in [3.63, 3.8) is 0 Å². The second-order valence-corrected chi connectivity index (χ2v) is 12.8. The summed E-state index contributed by atoms with van der Waals surface area (Å²) in [5, 5.41) is 5.50. The van der Waals surface area contributed by atoms with E-state index in [0.717, 1.165) is 9.13 Å². The first kappa shape index (κ1) is 45.7. The summed E-state index contributed by atoms with van der Waals surface area (Å²) in [6.45, 7) is 8.16. The second-order valence-electron chi connectivity index (χ2n) is 12.8. The largest absolute Gasteiger partial charge is 0.382 e. The third-order valence-electron chi connectivity index (χ3n) is 8.43. The van der Waals surface area contributed by atoms with E-state index in [1.807, 2.05) is 0 Å². The average Bonchev–Trinajstić information content (AvgIpc) is 3.19. The van der Waals surface area contributed by atoms with Gasteiger partial charge in [0.05, 0.1) is 79.2 Å². The third-order valence-corrected chi connectivity index (χ3v) is 8.43. The van der Waals surface area contributed by atoms with Gasteiger partial charge >= 0.3 is 11.4 Å². The first-order valence-electron chi connectivity index (χ1n) is 18.6. The number of carbonyl (C=O) groups excluding carboxylic acids is 2. The molecule has 0 saturated heterocycles. The molecule has 0 radical (unpaired) electrons. The molecule has 3 rings (SSSR count). The van der Waals surface area contributed by atoms with E-state index >= 15 is 0 Å². The molecule has 2 aromatic heterocycles. The number of hydrogen-bond donors (Lipinski definition) is 2. The van der Waals surface area contributed by atoms with Crippen LogP contribution in [0.4, 0.5) is 0 Å². The molecule has 18 heteroatoms. The first-order valence-corrected chi connectivity index (χ1v) is 18.6. The van der Waals surface area contributed by atoms with Crippen molar-refractivity contribution in [3.05, 3.63) is 101 Å². The Morgan fingerprint density at radius 3 is 1.23 bits per heavy atom. The van der Waals surface area contributed by atoms with E-state index in [1.54, 1.807) is 52.3 Å². The van der Waals surface area contributed by atoms with Crippen LogP contribution in [0.3, 0.4) is 0 Å².